The first kappa shape index (κ1) is 11.9. The summed E-state index contributed by atoms with van der Waals surface area (Å²) in [7, 11) is 1.93. The van der Waals surface area contributed by atoms with Crippen LogP contribution in [0.25, 0.3) is 0 Å². The van der Waals surface area contributed by atoms with Crippen molar-refractivity contribution in [1.82, 2.24) is 10.2 Å². The van der Waals surface area contributed by atoms with E-state index < -0.39 is 5.60 Å². The van der Waals surface area contributed by atoms with Gasteiger partial charge in [-0.3, -0.25) is 4.90 Å². The van der Waals surface area contributed by atoms with Crippen molar-refractivity contribution in [1.29, 1.82) is 0 Å². The molecule has 1 aliphatic rings. The first-order valence-corrected chi connectivity index (χ1v) is 5.22. The third-order valence-corrected chi connectivity index (χ3v) is 2.27. The number of rotatable bonds is 4. The van der Waals surface area contributed by atoms with E-state index in [2.05, 4.69) is 10.2 Å². The highest BCUT2D eigenvalue weighted by molar-refractivity contribution is 4.78. The number of nitrogens with zero attached hydrogens (tertiary/aromatic N) is 1. The summed E-state index contributed by atoms with van der Waals surface area (Å²) < 4.78 is 5.58. The van der Waals surface area contributed by atoms with Gasteiger partial charge in [0.1, 0.15) is 0 Å². The first-order chi connectivity index (χ1) is 6.51. The predicted octanol–water partition coefficient (Wildman–Crippen LogP) is -0.322. The lowest BCUT2D eigenvalue weighted by Gasteiger charge is -2.36. The highest BCUT2D eigenvalue weighted by atomic mass is 16.5. The van der Waals surface area contributed by atoms with Crippen molar-refractivity contribution in [3.8, 4) is 0 Å². The van der Waals surface area contributed by atoms with E-state index in [9.17, 15) is 5.11 Å². The molecule has 0 aromatic rings. The van der Waals surface area contributed by atoms with Gasteiger partial charge in [-0.2, -0.15) is 0 Å². The van der Waals surface area contributed by atoms with Gasteiger partial charge in [-0.05, 0) is 20.9 Å². The Labute approximate surface area is 86.2 Å². The van der Waals surface area contributed by atoms with E-state index in [1.54, 1.807) is 0 Å². The minimum Gasteiger partial charge on any atom is -0.389 e. The minimum absolute atomic E-state index is 0.260. The number of hydrogen-bond donors (Lipinski definition) is 2. The molecule has 1 aliphatic heterocycles. The smallest absolute Gasteiger partial charge is 0.0826 e. The third kappa shape index (κ3) is 4.37. The van der Waals surface area contributed by atoms with Gasteiger partial charge in [-0.25, -0.2) is 0 Å². The van der Waals surface area contributed by atoms with Gasteiger partial charge in [0.05, 0.1) is 18.3 Å². The van der Waals surface area contributed by atoms with Crippen LogP contribution in [-0.4, -0.2) is 61.5 Å². The maximum absolute atomic E-state index is 9.69. The van der Waals surface area contributed by atoms with Gasteiger partial charge < -0.3 is 15.2 Å². The number of β-amino-alcohol motifs (C(OH)–C–C–N with tert-alkyl or cyclic N) is 1. The monoisotopic (exact) mass is 202 g/mol. The molecule has 0 aliphatic carbocycles. The fraction of sp³-hybridized carbons (Fsp3) is 1.00. The van der Waals surface area contributed by atoms with Crippen molar-refractivity contribution < 1.29 is 9.84 Å². The minimum atomic E-state index is -0.610. The molecule has 1 rings (SSSR count). The van der Waals surface area contributed by atoms with E-state index in [0.717, 1.165) is 32.8 Å². The molecule has 0 aromatic carbocycles. The second-order valence-corrected chi connectivity index (χ2v) is 4.60. The Morgan fingerprint density at radius 3 is 2.86 bits per heavy atom. The Bertz CT molecular complexity index is 166. The largest absolute Gasteiger partial charge is 0.389 e. The maximum atomic E-state index is 9.69. The maximum Gasteiger partial charge on any atom is 0.0826 e. The van der Waals surface area contributed by atoms with Gasteiger partial charge >= 0.3 is 0 Å². The van der Waals surface area contributed by atoms with Crippen LogP contribution >= 0.6 is 0 Å². The predicted molar refractivity (Wildman–Crippen MR) is 56.4 cm³/mol. The molecule has 0 aromatic heterocycles. The SMILES string of the molecule is CNCC1CN(CC(C)(C)O)CCO1. The number of morpholine rings is 1. The molecule has 1 atom stereocenters. The van der Waals surface area contributed by atoms with E-state index >= 15 is 0 Å². The highest BCUT2D eigenvalue weighted by Crippen LogP contribution is 2.09. The summed E-state index contributed by atoms with van der Waals surface area (Å²) in [5.74, 6) is 0. The molecular weight excluding hydrogens is 180 g/mol. The summed E-state index contributed by atoms with van der Waals surface area (Å²) in [5, 5.41) is 12.8. The molecule has 0 saturated carbocycles. The lowest BCUT2D eigenvalue weighted by molar-refractivity contribution is -0.0531. The number of ether oxygens (including phenoxy) is 1. The average molecular weight is 202 g/mol. The van der Waals surface area contributed by atoms with E-state index in [-0.39, 0.29) is 6.10 Å². The van der Waals surface area contributed by atoms with Crippen molar-refractivity contribution in [2.75, 3.05) is 39.8 Å². The summed E-state index contributed by atoms with van der Waals surface area (Å²) >= 11 is 0. The van der Waals surface area contributed by atoms with Crippen molar-refractivity contribution >= 4 is 0 Å². The second kappa shape index (κ2) is 5.07. The van der Waals surface area contributed by atoms with Crippen molar-refractivity contribution in [2.45, 2.75) is 25.6 Å². The standard InChI is InChI=1S/C10H22N2O2/c1-10(2,13)8-12-4-5-14-9(7-12)6-11-3/h9,11,13H,4-8H2,1-3H3. The van der Waals surface area contributed by atoms with E-state index in [0.29, 0.717) is 0 Å². The lowest BCUT2D eigenvalue weighted by atomic mass is 10.1. The van der Waals surface area contributed by atoms with Gasteiger partial charge in [0.25, 0.3) is 0 Å². The molecule has 0 spiro atoms. The summed E-state index contributed by atoms with van der Waals surface area (Å²) in [4.78, 5) is 2.26. The molecule has 4 heteroatoms. The normalized spacial score (nSPS) is 25.3. The molecular formula is C10H22N2O2. The number of nitrogens with one attached hydrogen (secondary N) is 1. The van der Waals surface area contributed by atoms with Crippen LogP contribution in [0.5, 0.6) is 0 Å². The van der Waals surface area contributed by atoms with Crippen LogP contribution in [0.15, 0.2) is 0 Å². The fourth-order valence-corrected chi connectivity index (χ4v) is 1.82. The molecule has 1 saturated heterocycles. The van der Waals surface area contributed by atoms with E-state index in [1.807, 2.05) is 20.9 Å². The van der Waals surface area contributed by atoms with Crippen LogP contribution in [0.3, 0.4) is 0 Å². The number of hydrogen-bond acceptors (Lipinski definition) is 4. The fourth-order valence-electron chi connectivity index (χ4n) is 1.82. The summed E-state index contributed by atoms with van der Waals surface area (Å²) in [5.41, 5.74) is -0.610. The van der Waals surface area contributed by atoms with Crippen molar-refractivity contribution in [3.63, 3.8) is 0 Å². The van der Waals surface area contributed by atoms with Crippen molar-refractivity contribution in [3.05, 3.63) is 0 Å². The Morgan fingerprint density at radius 1 is 1.57 bits per heavy atom. The zero-order chi connectivity index (χ0) is 10.6. The molecule has 0 bridgehead atoms. The Kier molecular flexibility index (Phi) is 4.31. The molecule has 0 radical (unpaired) electrons. The van der Waals surface area contributed by atoms with Crippen LogP contribution in [-0.2, 0) is 4.74 Å². The molecule has 1 heterocycles. The Morgan fingerprint density at radius 2 is 2.29 bits per heavy atom. The van der Waals surface area contributed by atoms with Crippen LogP contribution in [0.2, 0.25) is 0 Å². The van der Waals surface area contributed by atoms with Gasteiger partial charge in [-0.1, -0.05) is 0 Å². The molecule has 0 amide bonds. The zero-order valence-corrected chi connectivity index (χ0v) is 9.42. The molecule has 2 N–H and O–H groups in total. The summed E-state index contributed by atoms with van der Waals surface area (Å²) in [6.07, 6.45) is 0.260. The molecule has 14 heavy (non-hydrogen) atoms. The van der Waals surface area contributed by atoms with E-state index in [4.69, 9.17) is 4.74 Å². The quantitative estimate of drug-likeness (QED) is 0.656. The van der Waals surface area contributed by atoms with E-state index in [1.165, 1.54) is 0 Å². The number of likely N-dealkylation sites (N-methyl/N-ethyl adjacent to an activating group) is 1. The molecule has 4 nitrogen and oxygen atoms in total. The lowest BCUT2D eigenvalue weighted by Crippen LogP contribution is -2.50. The van der Waals surface area contributed by atoms with Gasteiger partial charge in [0.2, 0.25) is 0 Å². The zero-order valence-electron chi connectivity index (χ0n) is 9.42. The molecule has 1 unspecified atom stereocenters. The summed E-state index contributed by atoms with van der Waals surface area (Å²) in [6, 6.07) is 0. The van der Waals surface area contributed by atoms with Crippen LogP contribution in [0.1, 0.15) is 13.8 Å². The number of aliphatic hydroxyl groups is 1. The molecule has 1 fully saturated rings. The Hall–Kier alpha value is -0.160. The van der Waals surface area contributed by atoms with Gasteiger partial charge in [0, 0.05) is 26.2 Å². The topological polar surface area (TPSA) is 44.7 Å². The average Bonchev–Trinajstić information content (AvgIpc) is 2.02. The molecule has 84 valence electrons. The Balaban J connectivity index is 2.32. The third-order valence-electron chi connectivity index (χ3n) is 2.27. The van der Waals surface area contributed by atoms with Gasteiger partial charge in [-0.15, -0.1) is 0 Å². The summed E-state index contributed by atoms with van der Waals surface area (Å²) in [6.45, 7) is 7.88. The van der Waals surface area contributed by atoms with Crippen molar-refractivity contribution in [2.24, 2.45) is 0 Å². The van der Waals surface area contributed by atoms with Gasteiger partial charge in [0.15, 0.2) is 0 Å². The van der Waals surface area contributed by atoms with Crippen LogP contribution in [0.4, 0.5) is 0 Å². The second-order valence-electron chi connectivity index (χ2n) is 4.60. The highest BCUT2D eigenvalue weighted by Gasteiger charge is 2.24. The van der Waals surface area contributed by atoms with Crippen LogP contribution in [0, 0.1) is 0 Å². The van der Waals surface area contributed by atoms with Crippen LogP contribution < -0.4 is 5.32 Å². The first-order valence-electron chi connectivity index (χ1n) is 5.22.